The summed E-state index contributed by atoms with van der Waals surface area (Å²) in [5.41, 5.74) is 0.694. The normalized spacial score (nSPS) is 26.4. The Labute approximate surface area is 238 Å². The highest BCUT2D eigenvalue weighted by Gasteiger charge is 2.41. The van der Waals surface area contributed by atoms with Crippen LogP contribution in [-0.2, 0) is 23.3 Å². The molecular weight excluding hydrogens is 534 g/mol. The lowest BCUT2D eigenvalue weighted by atomic mass is 9.87. The van der Waals surface area contributed by atoms with Crippen molar-refractivity contribution in [2.75, 3.05) is 51.8 Å². The smallest absolute Gasteiger partial charge is 0.316 e. The van der Waals surface area contributed by atoms with Crippen molar-refractivity contribution in [2.45, 2.75) is 57.6 Å². The van der Waals surface area contributed by atoms with Crippen molar-refractivity contribution in [3.8, 4) is 0 Å². The Morgan fingerprint density at radius 1 is 1.14 bits per heavy atom. The number of hydrogen-bond acceptors (Lipinski definition) is 9. The third-order valence-electron chi connectivity index (χ3n) is 7.62. The molecule has 0 saturated carbocycles. The van der Waals surface area contributed by atoms with Crippen LogP contribution in [0.4, 0.5) is 5.69 Å². The Balaban J connectivity index is 0.00000481. The molecule has 1 spiro atoms. The molecule has 0 N–H and O–H groups in total. The van der Waals surface area contributed by atoms with Gasteiger partial charge in [-0.1, -0.05) is 18.5 Å². The molecular formula is C26H42ClN3O5S2. The van der Waals surface area contributed by atoms with Crippen LogP contribution in [0, 0.1) is 11.8 Å². The van der Waals surface area contributed by atoms with E-state index in [1.54, 1.807) is 14.0 Å². The van der Waals surface area contributed by atoms with E-state index in [-0.39, 0.29) is 43.4 Å². The third kappa shape index (κ3) is 8.74. The van der Waals surface area contributed by atoms with Crippen LogP contribution < -0.4 is 4.31 Å². The molecule has 2 saturated heterocycles. The summed E-state index contributed by atoms with van der Waals surface area (Å²) in [5.74, 6) is -1.53. The number of methoxy groups -OCH3 is 1. The zero-order valence-corrected chi connectivity index (χ0v) is 25.1. The predicted molar refractivity (Wildman–Crippen MR) is 154 cm³/mol. The quantitative estimate of drug-likeness (QED) is 0.214. The molecule has 0 aromatic heterocycles. The highest BCUT2D eigenvalue weighted by Crippen LogP contribution is 2.32. The van der Waals surface area contributed by atoms with Gasteiger partial charge in [0.05, 0.1) is 11.6 Å². The SMILES string of the molecule is COC1CCCN(C)C2(CCN(OSN(C)c3ccc(Cl)cc3)CC2)COC(=O)C(C)C(=O)[C@H](C)C1.S. The Hall–Kier alpha value is -1.01. The number of cyclic esters (lactones) is 1. The van der Waals surface area contributed by atoms with E-state index < -0.39 is 11.9 Å². The van der Waals surface area contributed by atoms with E-state index in [0.29, 0.717) is 24.5 Å². The van der Waals surface area contributed by atoms with Gasteiger partial charge in [-0.05, 0) is 76.9 Å². The number of carbonyl (C=O) groups is 2. The van der Waals surface area contributed by atoms with Gasteiger partial charge in [0.15, 0.2) is 0 Å². The minimum Gasteiger partial charge on any atom is -0.463 e. The number of hydrogen-bond donors (Lipinski definition) is 0. The van der Waals surface area contributed by atoms with Gasteiger partial charge in [-0.2, -0.15) is 18.6 Å². The fourth-order valence-corrected chi connectivity index (χ4v) is 5.59. The van der Waals surface area contributed by atoms with E-state index in [9.17, 15) is 9.59 Å². The summed E-state index contributed by atoms with van der Waals surface area (Å²) >= 11 is 7.25. The first-order valence-electron chi connectivity index (χ1n) is 12.7. The average Bonchev–Trinajstić information content (AvgIpc) is 2.89. The Morgan fingerprint density at radius 2 is 1.78 bits per heavy atom. The standard InChI is InChI=1S/C26H40ClN3O5S.H2S/c1-19-17-23(33-5)7-6-14-28(3)26(18-34-25(32)20(2)24(19)31)12-15-30(16-13-26)35-36-29(4)22-10-8-21(27)9-11-22;/h8-11,19-20,23H,6-7,12-18H2,1-5H3;1H2/t19-,20?,23?;/m1./s1. The molecule has 37 heavy (non-hydrogen) atoms. The van der Waals surface area contributed by atoms with Gasteiger partial charge in [0, 0.05) is 43.9 Å². The molecule has 0 amide bonds. The van der Waals surface area contributed by atoms with Crippen molar-refractivity contribution in [1.29, 1.82) is 0 Å². The molecule has 0 radical (unpaired) electrons. The van der Waals surface area contributed by atoms with E-state index in [0.717, 1.165) is 37.9 Å². The Kier molecular flexibility index (Phi) is 13.0. The molecule has 0 bridgehead atoms. The van der Waals surface area contributed by atoms with Crippen LogP contribution in [0.3, 0.4) is 0 Å². The lowest BCUT2D eigenvalue weighted by Gasteiger charge is -2.46. The number of esters is 1. The number of rotatable bonds is 5. The molecule has 2 heterocycles. The van der Waals surface area contributed by atoms with Gasteiger partial charge < -0.3 is 9.47 Å². The maximum absolute atomic E-state index is 12.8. The number of likely N-dealkylation sites (N-methyl/N-ethyl adjacent to an activating group) is 1. The van der Waals surface area contributed by atoms with Crippen molar-refractivity contribution in [3.05, 3.63) is 29.3 Å². The number of piperidine rings is 1. The second-order valence-corrected chi connectivity index (χ2v) is 11.3. The largest absolute Gasteiger partial charge is 0.463 e. The molecule has 0 aliphatic carbocycles. The predicted octanol–water partition coefficient (Wildman–Crippen LogP) is 4.73. The second-order valence-electron chi connectivity index (χ2n) is 10.1. The van der Waals surface area contributed by atoms with Gasteiger partial charge in [-0.15, -0.1) is 0 Å². The van der Waals surface area contributed by atoms with E-state index in [2.05, 4.69) is 11.9 Å². The fraction of sp³-hybridized carbons (Fsp3) is 0.692. The van der Waals surface area contributed by atoms with E-state index in [1.165, 1.54) is 12.2 Å². The molecule has 1 aromatic carbocycles. The van der Waals surface area contributed by atoms with Crippen molar-refractivity contribution < 1.29 is 23.3 Å². The first-order chi connectivity index (χ1) is 17.1. The van der Waals surface area contributed by atoms with Crippen molar-refractivity contribution in [2.24, 2.45) is 11.8 Å². The summed E-state index contributed by atoms with van der Waals surface area (Å²) in [7, 11) is 5.74. The van der Waals surface area contributed by atoms with Crippen LogP contribution in [0.15, 0.2) is 24.3 Å². The summed E-state index contributed by atoms with van der Waals surface area (Å²) in [4.78, 5) is 28.0. The summed E-state index contributed by atoms with van der Waals surface area (Å²) in [6.07, 6.45) is 4.02. The minimum atomic E-state index is -0.774. The van der Waals surface area contributed by atoms with E-state index in [4.69, 9.17) is 25.4 Å². The molecule has 2 unspecified atom stereocenters. The number of nitrogens with zero attached hydrogens (tertiary/aromatic N) is 3. The molecule has 3 rings (SSSR count). The second kappa shape index (κ2) is 15.0. The summed E-state index contributed by atoms with van der Waals surface area (Å²) in [5, 5.41) is 2.65. The van der Waals surface area contributed by atoms with Crippen LogP contribution in [-0.4, -0.2) is 80.8 Å². The van der Waals surface area contributed by atoms with Gasteiger partial charge in [0.2, 0.25) is 0 Å². The van der Waals surface area contributed by atoms with Crippen LogP contribution in [0.2, 0.25) is 5.02 Å². The van der Waals surface area contributed by atoms with E-state index >= 15 is 0 Å². The molecule has 1 aromatic rings. The highest BCUT2D eigenvalue weighted by molar-refractivity contribution is 7.96. The maximum Gasteiger partial charge on any atom is 0.316 e. The van der Waals surface area contributed by atoms with Crippen LogP contribution in [0.25, 0.3) is 0 Å². The van der Waals surface area contributed by atoms with Gasteiger partial charge >= 0.3 is 5.97 Å². The zero-order chi connectivity index (χ0) is 26.3. The molecule has 3 atom stereocenters. The zero-order valence-electron chi connectivity index (χ0n) is 22.6. The fourth-order valence-electron chi connectivity index (χ4n) is 4.91. The Bertz CT molecular complexity index is 870. The minimum absolute atomic E-state index is 0. The molecule has 2 aliphatic heterocycles. The molecule has 2 fully saturated rings. The van der Waals surface area contributed by atoms with Crippen molar-refractivity contribution in [1.82, 2.24) is 9.96 Å². The molecule has 11 heteroatoms. The maximum atomic E-state index is 12.8. The average molecular weight is 576 g/mol. The number of benzene rings is 1. The first kappa shape index (κ1) is 32.2. The molecule has 210 valence electrons. The number of anilines is 1. The lowest BCUT2D eigenvalue weighted by Crippen LogP contribution is -2.57. The topological polar surface area (TPSA) is 71.5 Å². The number of halogens is 1. The van der Waals surface area contributed by atoms with Crippen LogP contribution in [0.5, 0.6) is 0 Å². The number of ketones is 1. The summed E-state index contributed by atoms with van der Waals surface area (Å²) < 4.78 is 19.4. The van der Waals surface area contributed by atoms with Crippen molar-refractivity contribution in [3.63, 3.8) is 0 Å². The van der Waals surface area contributed by atoms with Gasteiger partial charge in [0.1, 0.15) is 30.5 Å². The van der Waals surface area contributed by atoms with Gasteiger partial charge in [-0.25, -0.2) is 4.28 Å². The molecule has 8 nitrogen and oxygen atoms in total. The van der Waals surface area contributed by atoms with E-state index in [1.807, 2.05) is 47.6 Å². The first-order valence-corrected chi connectivity index (χ1v) is 13.8. The van der Waals surface area contributed by atoms with Gasteiger partial charge in [0.25, 0.3) is 0 Å². The number of carbonyl (C=O) groups excluding carboxylic acids is 2. The number of Topliss-reactive ketones (excluding diaryl/α,β-unsaturated/α-hetero) is 1. The van der Waals surface area contributed by atoms with Crippen molar-refractivity contribution >= 4 is 54.8 Å². The number of ether oxygens (including phenoxy) is 2. The summed E-state index contributed by atoms with van der Waals surface area (Å²) in [6.45, 7) is 6.08. The van der Waals surface area contributed by atoms with Crippen LogP contribution >= 0.6 is 37.3 Å². The highest BCUT2D eigenvalue weighted by atomic mass is 35.5. The third-order valence-corrected chi connectivity index (χ3v) is 8.59. The lowest BCUT2D eigenvalue weighted by molar-refractivity contribution is -0.160. The summed E-state index contributed by atoms with van der Waals surface area (Å²) in [6, 6.07) is 7.60. The van der Waals surface area contributed by atoms with Gasteiger partial charge in [-0.3, -0.25) is 18.8 Å². The Morgan fingerprint density at radius 3 is 2.41 bits per heavy atom. The number of hydroxylamine groups is 2. The monoisotopic (exact) mass is 575 g/mol. The molecule has 2 aliphatic rings. The van der Waals surface area contributed by atoms with Crippen LogP contribution in [0.1, 0.15) is 46.0 Å².